The first-order valence-corrected chi connectivity index (χ1v) is 7.56. The maximum Gasteiger partial charge on any atom is 0.242 e. The number of anilines is 2. The molecule has 0 spiro atoms. The predicted octanol–water partition coefficient (Wildman–Crippen LogP) is 1.87. The monoisotopic (exact) mass is 289 g/mol. The van der Waals surface area contributed by atoms with Crippen LogP contribution in [0.5, 0.6) is 5.75 Å². The van der Waals surface area contributed by atoms with Crippen LogP contribution in [0.1, 0.15) is 26.7 Å². The summed E-state index contributed by atoms with van der Waals surface area (Å²) in [4.78, 5) is 16.5. The van der Waals surface area contributed by atoms with Crippen LogP contribution >= 0.6 is 0 Å². The highest BCUT2D eigenvalue weighted by molar-refractivity contribution is 5.85. The van der Waals surface area contributed by atoms with E-state index in [1.807, 2.05) is 36.9 Å². The average Bonchev–Trinajstić information content (AvgIpc) is 2.90. The molecule has 2 aliphatic heterocycles. The van der Waals surface area contributed by atoms with E-state index in [4.69, 9.17) is 10.5 Å². The molecule has 5 nitrogen and oxygen atoms in total. The maximum atomic E-state index is 12.4. The number of fused-ring (bicyclic) bond motifs is 1. The molecule has 2 aliphatic rings. The second kappa shape index (κ2) is 5.13. The van der Waals surface area contributed by atoms with E-state index in [1.165, 1.54) is 0 Å². The van der Waals surface area contributed by atoms with Gasteiger partial charge in [-0.2, -0.15) is 0 Å². The Balaban J connectivity index is 1.86. The fourth-order valence-electron chi connectivity index (χ4n) is 3.19. The van der Waals surface area contributed by atoms with Crippen molar-refractivity contribution in [1.29, 1.82) is 0 Å². The molecule has 0 unspecified atom stereocenters. The number of nitrogen functional groups attached to an aromatic ring is 1. The van der Waals surface area contributed by atoms with Gasteiger partial charge in [-0.25, -0.2) is 0 Å². The summed E-state index contributed by atoms with van der Waals surface area (Å²) in [5, 5.41) is 0. The fraction of sp³-hybridized carbons (Fsp3) is 0.562. The van der Waals surface area contributed by atoms with Crippen molar-refractivity contribution in [2.24, 2.45) is 0 Å². The molecule has 1 fully saturated rings. The smallest absolute Gasteiger partial charge is 0.242 e. The molecule has 0 atom stereocenters. The van der Waals surface area contributed by atoms with Crippen molar-refractivity contribution in [2.45, 2.75) is 32.3 Å². The first kappa shape index (κ1) is 14.0. The van der Waals surface area contributed by atoms with Gasteiger partial charge in [-0.1, -0.05) is 6.07 Å². The van der Waals surface area contributed by atoms with Gasteiger partial charge in [-0.15, -0.1) is 0 Å². The SMILES string of the molecule is CC1(C)CN(CC(=O)N2CCCC2)c2c(N)cccc2O1. The molecule has 114 valence electrons. The van der Waals surface area contributed by atoms with Crippen LogP contribution in [0.4, 0.5) is 11.4 Å². The Morgan fingerprint density at radius 1 is 1.33 bits per heavy atom. The molecule has 1 saturated heterocycles. The minimum Gasteiger partial charge on any atom is -0.484 e. The van der Waals surface area contributed by atoms with Crippen molar-refractivity contribution < 1.29 is 9.53 Å². The Hall–Kier alpha value is -1.91. The van der Waals surface area contributed by atoms with Crippen LogP contribution in [-0.2, 0) is 4.79 Å². The second-order valence-electron chi connectivity index (χ2n) is 6.50. The van der Waals surface area contributed by atoms with Crippen LogP contribution in [0.25, 0.3) is 0 Å². The van der Waals surface area contributed by atoms with Gasteiger partial charge in [0.2, 0.25) is 5.91 Å². The van der Waals surface area contributed by atoms with Crippen LogP contribution in [0.2, 0.25) is 0 Å². The third-order valence-corrected chi connectivity index (χ3v) is 4.09. The van der Waals surface area contributed by atoms with Crippen molar-refractivity contribution in [3.8, 4) is 5.75 Å². The highest BCUT2D eigenvalue weighted by Gasteiger charge is 2.34. The van der Waals surface area contributed by atoms with Gasteiger partial charge >= 0.3 is 0 Å². The molecule has 0 aromatic heterocycles. The number of amides is 1. The summed E-state index contributed by atoms with van der Waals surface area (Å²) in [6.07, 6.45) is 2.22. The summed E-state index contributed by atoms with van der Waals surface area (Å²) in [7, 11) is 0. The van der Waals surface area contributed by atoms with Crippen LogP contribution in [-0.4, -0.2) is 42.6 Å². The molecule has 5 heteroatoms. The molecular weight excluding hydrogens is 266 g/mol. The minimum absolute atomic E-state index is 0.180. The number of hydrogen-bond acceptors (Lipinski definition) is 4. The molecule has 0 saturated carbocycles. The summed E-state index contributed by atoms with van der Waals surface area (Å²) >= 11 is 0. The lowest BCUT2D eigenvalue weighted by Gasteiger charge is -2.41. The van der Waals surface area contributed by atoms with E-state index in [9.17, 15) is 4.79 Å². The van der Waals surface area contributed by atoms with Crippen molar-refractivity contribution in [2.75, 3.05) is 36.8 Å². The Bertz CT molecular complexity index is 550. The number of carbonyl (C=O) groups is 1. The molecule has 0 radical (unpaired) electrons. The highest BCUT2D eigenvalue weighted by atomic mass is 16.5. The number of benzene rings is 1. The van der Waals surface area contributed by atoms with Gasteiger partial charge in [0, 0.05) is 13.1 Å². The summed E-state index contributed by atoms with van der Waals surface area (Å²) in [6.45, 7) is 6.86. The van der Waals surface area contributed by atoms with E-state index in [1.54, 1.807) is 0 Å². The average molecular weight is 289 g/mol. The number of hydrogen-bond donors (Lipinski definition) is 1. The number of carbonyl (C=O) groups excluding carboxylic acids is 1. The standard InChI is InChI=1S/C16H23N3O2/c1-16(2)11-19(10-14(20)18-8-3-4-9-18)15-12(17)6-5-7-13(15)21-16/h5-7H,3-4,8-11,17H2,1-2H3. The van der Waals surface area contributed by atoms with Crippen LogP contribution < -0.4 is 15.4 Å². The summed E-state index contributed by atoms with van der Waals surface area (Å²) < 4.78 is 5.99. The van der Waals surface area contributed by atoms with Gasteiger partial charge in [0.25, 0.3) is 0 Å². The van der Waals surface area contributed by atoms with E-state index in [-0.39, 0.29) is 11.5 Å². The third kappa shape index (κ3) is 2.77. The lowest BCUT2D eigenvalue weighted by atomic mass is 10.0. The lowest BCUT2D eigenvalue weighted by Crippen LogP contribution is -2.50. The van der Waals surface area contributed by atoms with Crippen LogP contribution in [0, 0.1) is 0 Å². The number of nitrogens with two attached hydrogens (primary N) is 1. The number of likely N-dealkylation sites (tertiary alicyclic amines) is 1. The number of para-hydroxylation sites is 1. The Morgan fingerprint density at radius 3 is 2.76 bits per heavy atom. The topological polar surface area (TPSA) is 58.8 Å². The predicted molar refractivity (Wildman–Crippen MR) is 83.6 cm³/mol. The molecule has 0 aliphatic carbocycles. The molecule has 2 heterocycles. The van der Waals surface area contributed by atoms with Crippen molar-refractivity contribution >= 4 is 17.3 Å². The van der Waals surface area contributed by atoms with E-state index in [2.05, 4.69) is 4.90 Å². The molecule has 21 heavy (non-hydrogen) atoms. The van der Waals surface area contributed by atoms with Crippen LogP contribution in [0.15, 0.2) is 18.2 Å². The largest absolute Gasteiger partial charge is 0.484 e. The van der Waals surface area contributed by atoms with Gasteiger partial charge in [0.1, 0.15) is 17.0 Å². The molecule has 1 aromatic carbocycles. The molecular formula is C16H23N3O2. The number of ether oxygens (including phenoxy) is 1. The molecule has 0 bridgehead atoms. The number of nitrogens with zero attached hydrogens (tertiary/aromatic N) is 2. The Morgan fingerprint density at radius 2 is 2.05 bits per heavy atom. The van der Waals surface area contributed by atoms with E-state index in [0.717, 1.165) is 37.4 Å². The zero-order chi connectivity index (χ0) is 15.0. The number of rotatable bonds is 2. The Labute approximate surface area is 125 Å². The van der Waals surface area contributed by atoms with E-state index < -0.39 is 0 Å². The second-order valence-corrected chi connectivity index (χ2v) is 6.50. The molecule has 2 N–H and O–H groups in total. The van der Waals surface area contributed by atoms with Crippen molar-refractivity contribution in [3.63, 3.8) is 0 Å². The third-order valence-electron chi connectivity index (χ3n) is 4.09. The van der Waals surface area contributed by atoms with Gasteiger partial charge in [-0.05, 0) is 38.8 Å². The zero-order valence-corrected chi connectivity index (χ0v) is 12.8. The molecule has 1 amide bonds. The maximum absolute atomic E-state index is 12.4. The lowest BCUT2D eigenvalue weighted by molar-refractivity contribution is -0.128. The van der Waals surface area contributed by atoms with E-state index >= 15 is 0 Å². The molecule has 1 aromatic rings. The first-order chi connectivity index (χ1) is 9.96. The summed E-state index contributed by atoms with van der Waals surface area (Å²) in [5.74, 6) is 0.944. The van der Waals surface area contributed by atoms with Gasteiger partial charge in [-0.3, -0.25) is 4.79 Å². The summed E-state index contributed by atoms with van der Waals surface area (Å²) in [5.41, 5.74) is 7.29. The zero-order valence-electron chi connectivity index (χ0n) is 12.8. The highest BCUT2D eigenvalue weighted by Crippen LogP contribution is 2.40. The van der Waals surface area contributed by atoms with Crippen LogP contribution in [0.3, 0.4) is 0 Å². The Kier molecular flexibility index (Phi) is 3.43. The van der Waals surface area contributed by atoms with Crippen molar-refractivity contribution in [1.82, 2.24) is 4.90 Å². The minimum atomic E-state index is -0.327. The van der Waals surface area contributed by atoms with E-state index in [0.29, 0.717) is 18.8 Å². The van der Waals surface area contributed by atoms with Gasteiger partial charge < -0.3 is 20.3 Å². The van der Waals surface area contributed by atoms with Gasteiger partial charge in [0.05, 0.1) is 18.8 Å². The summed E-state index contributed by atoms with van der Waals surface area (Å²) in [6, 6.07) is 5.66. The fourth-order valence-corrected chi connectivity index (χ4v) is 3.19. The quantitative estimate of drug-likeness (QED) is 0.844. The van der Waals surface area contributed by atoms with Crippen molar-refractivity contribution in [3.05, 3.63) is 18.2 Å². The first-order valence-electron chi connectivity index (χ1n) is 7.56. The molecule has 3 rings (SSSR count). The van der Waals surface area contributed by atoms with Gasteiger partial charge in [0.15, 0.2) is 0 Å². The normalized spacial score (nSPS) is 20.1.